The van der Waals surface area contributed by atoms with E-state index in [2.05, 4.69) is 5.32 Å². The molecule has 8 nitrogen and oxygen atoms in total. The first-order chi connectivity index (χ1) is 12.8. The lowest BCUT2D eigenvalue weighted by molar-refractivity contribution is -0.133. The molecule has 1 amide bonds. The molecule has 142 valence electrons. The maximum absolute atomic E-state index is 12.4. The van der Waals surface area contributed by atoms with Crippen LogP contribution in [0.4, 0.5) is 11.4 Å². The van der Waals surface area contributed by atoms with E-state index in [1.807, 2.05) is 0 Å². The van der Waals surface area contributed by atoms with Gasteiger partial charge >= 0.3 is 5.97 Å². The fraction of sp³-hybridized carbons (Fsp3) is 0.222. The molecule has 3 rings (SSSR count). The standard InChI is InChI=1S/C18H19N3O5S/c1-20(2)27(24,25)14-7-5-6-13(10-14)19-17(22)11-21-12-18(23)26-16-9-4-3-8-15(16)21/h3-10H,11-12H2,1-2H3,(H,19,22). The Morgan fingerprint density at radius 1 is 1.19 bits per heavy atom. The molecule has 1 aliphatic rings. The molecule has 2 aromatic carbocycles. The zero-order valence-corrected chi connectivity index (χ0v) is 15.7. The molecule has 0 atom stereocenters. The molecule has 0 aliphatic carbocycles. The summed E-state index contributed by atoms with van der Waals surface area (Å²) in [7, 11) is -0.723. The van der Waals surface area contributed by atoms with Gasteiger partial charge in [0.1, 0.15) is 6.54 Å². The Labute approximate surface area is 157 Å². The second-order valence-corrected chi connectivity index (χ2v) is 8.31. The monoisotopic (exact) mass is 389 g/mol. The molecule has 0 bridgehead atoms. The Hall–Kier alpha value is -2.91. The Morgan fingerprint density at radius 2 is 1.93 bits per heavy atom. The summed E-state index contributed by atoms with van der Waals surface area (Å²) < 4.78 is 30.7. The number of esters is 1. The van der Waals surface area contributed by atoms with Crippen molar-refractivity contribution in [2.45, 2.75) is 4.90 Å². The van der Waals surface area contributed by atoms with E-state index in [0.717, 1.165) is 4.31 Å². The molecule has 1 heterocycles. The van der Waals surface area contributed by atoms with Gasteiger partial charge in [-0.1, -0.05) is 18.2 Å². The summed E-state index contributed by atoms with van der Waals surface area (Å²) in [5.74, 6) is -0.417. The van der Waals surface area contributed by atoms with E-state index in [1.165, 1.54) is 26.2 Å². The zero-order chi connectivity index (χ0) is 19.6. The lowest BCUT2D eigenvalue weighted by Gasteiger charge is -2.29. The third-order valence-corrected chi connectivity index (χ3v) is 5.79. The van der Waals surface area contributed by atoms with Crippen molar-refractivity contribution < 1.29 is 22.7 Å². The number of hydrogen-bond donors (Lipinski definition) is 1. The number of ether oxygens (including phenoxy) is 1. The third kappa shape index (κ3) is 4.09. The quantitative estimate of drug-likeness (QED) is 0.612. The molecule has 1 N–H and O–H groups in total. The first-order valence-corrected chi connectivity index (χ1v) is 9.58. The van der Waals surface area contributed by atoms with E-state index >= 15 is 0 Å². The minimum Gasteiger partial charge on any atom is -0.423 e. The van der Waals surface area contributed by atoms with Crippen molar-refractivity contribution in [2.24, 2.45) is 0 Å². The van der Waals surface area contributed by atoms with Gasteiger partial charge < -0.3 is 15.0 Å². The number of benzene rings is 2. The topological polar surface area (TPSA) is 96.0 Å². The minimum atomic E-state index is -3.60. The summed E-state index contributed by atoms with van der Waals surface area (Å²) in [6.45, 7) is -0.115. The smallest absolute Gasteiger partial charge is 0.331 e. The lowest BCUT2D eigenvalue weighted by atomic mass is 10.2. The van der Waals surface area contributed by atoms with Crippen LogP contribution >= 0.6 is 0 Å². The average Bonchev–Trinajstić information content (AvgIpc) is 2.61. The van der Waals surface area contributed by atoms with Crippen LogP contribution < -0.4 is 15.0 Å². The summed E-state index contributed by atoms with van der Waals surface area (Å²) in [6.07, 6.45) is 0. The molecule has 2 aromatic rings. The SMILES string of the molecule is CN(C)S(=O)(=O)c1cccc(NC(=O)CN2CC(=O)Oc3ccccc32)c1. The van der Waals surface area contributed by atoms with Gasteiger partial charge in [-0.3, -0.25) is 4.79 Å². The number of sulfonamides is 1. The van der Waals surface area contributed by atoms with Crippen LogP contribution in [0.2, 0.25) is 0 Å². The van der Waals surface area contributed by atoms with Crippen molar-refractivity contribution in [1.82, 2.24) is 4.31 Å². The summed E-state index contributed by atoms with van der Waals surface area (Å²) in [5.41, 5.74) is 1.01. The number of fused-ring (bicyclic) bond motifs is 1. The van der Waals surface area contributed by atoms with Crippen LogP contribution in [0.25, 0.3) is 0 Å². The number of nitrogens with zero attached hydrogens (tertiary/aromatic N) is 2. The normalized spacial score (nSPS) is 13.9. The molecule has 0 saturated heterocycles. The molecule has 0 saturated carbocycles. The molecule has 0 spiro atoms. The highest BCUT2D eigenvalue weighted by Crippen LogP contribution is 2.31. The van der Waals surface area contributed by atoms with E-state index in [9.17, 15) is 18.0 Å². The highest BCUT2D eigenvalue weighted by molar-refractivity contribution is 7.89. The van der Waals surface area contributed by atoms with Crippen molar-refractivity contribution >= 4 is 33.3 Å². The maximum Gasteiger partial charge on any atom is 0.331 e. The van der Waals surface area contributed by atoms with Crippen molar-refractivity contribution in [1.29, 1.82) is 0 Å². The van der Waals surface area contributed by atoms with Crippen LogP contribution in [0.5, 0.6) is 5.75 Å². The summed E-state index contributed by atoms with van der Waals surface area (Å²) >= 11 is 0. The molecule has 0 fully saturated rings. The highest BCUT2D eigenvalue weighted by Gasteiger charge is 2.25. The van der Waals surface area contributed by atoms with Gasteiger partial charge in [0.05, 0.1) is 17.1 Å². The van der Waals surface area contributed by atoms with Gasteiger partial charge in [-0.15, -0.1) is 0 Å². The highest BCUT2D eigenvalue weighted by atomic mass is 32.2. The van der Waals surface area contributed by atoms with E-state index < -0.39 is 16.0 Å². The first-order valence-electron chi connectivity index (χ1n) is 8.14. The molecule has 0 unspecified atom stereocenters. The van der Waals surface area contributed by atoms with Gasteiger partial charge in [0, 0.05) is 19.8 Å². The number of anilines is 2. The van der Waals surface area contributed by atoms with E-state index in [-0.39, 0.29) is 23.9 Å². The Morgan fingerprint density at radius 3 is 2.67 bits per heavy atom. The Kier molecular flexibility index (Phi) is 5.15. The molecule has 0 radical (unpaired) electrons. The largest absolute Gasteiger partial charge is 0.423 e. The van der Waals surface area contributed by atoms with Gasteiger partial charge in [0.15, 0.2) is 5.75 Å². The van der Waals surface area contributed by atoms with Crippen LogP contribution in [0.1, 0.15) is 0 Å². The number of hydrogen-bond acceptors (Lipinski definition) is 6. The van der Waals surface area contributed by atoms with Gasteiger partial charge in [0.25, 0.3) is 0 Å². The van der Waals surface area contributed by atoms with E-state index in [4.69, 9.17) is 4.74 Å². The number of carbonyl (C=O) groups is 2. The number of rotatable bonds is 5. The zero-order valence-electron chi connectivity index (χ0n) is 14.9. The molecular weight excluding hydrogens is 370 g/mol. The van der Waals surface area contributed by atoms with Crippen molar-refractivity contribution in [2.75, 3.05) is 37.4 Å². The number of nitrogens with one attached hydrogen (secondary N) is 1. The van der Waals surface area contributed by atoms with Crippen molar-refractivity contribution in [3.8, 4) is 5.75 Å². The van der Waals surface area contributed by atoms with Gasteiger partial charge in [-0.25, -0.2) is 17.5 Å². The second kappa shape index (κ2) is 7.37. The fourth-order valence-electron chi connectivity index (χ4n) is 2.66. The maximum atomic E-state index is 12.4. The molecule has 27 heavy (non-hydrogen) atoms. The Balaban J connectivity index is 1.75. The summed E-state index contributed by atoms with van der Waals surface area (Å²) in [5, 5.41) is 2.67. The van der Waals surface area contributed by atoms with Gasteiger partial charge in [-0.2, -0.15) is 0 Å². The predicted octanol–water partition coefficient (Wildman–Crippen LogP) is 1.30. The second-order valence-electron chi connectivity index (χ2n) is 6.16. The van der Waals surface area contributed by atoms with Crippen LogP contribution in [-0.2, 0) is 19.6 Å². The lowest BCUT2D eigenvalue weighted by Crippen LogP contribution is -2.41. The average molecular weight is 389 g/mol. The Bertz CT molecular complexity index is 988. The van der Waals surface area contributed by atoms with E-state index in [0.29, 0.717) is 17.1 Å². The van der Waals surface area contributed by atoms with E-state index in [1.54, 1.807) is 41.3 Å². The van der Waals surface area contributed by atoms with Gasteiger partial charge in [0.2, 0.25) is 15.9 Å². The number of amides is 1. The summed E-state index contributed by atoms with van der Waals surface area (Å²) in [4.78, 5) is 25.8. The van der Waals surface area contributed by atoms with Crippen molar-refractivity contribution in [3.63, 3.8) is 0 Å². The number of para-hydroxylation sites is 2. The minimum absolute atomic E-state index is 0.0422. The van der Waals surface area contributed by atoms with Crippen LogP contribution in [-0.4, -0.2) is 51.8 Å². The van der Waals surface area contributed by atoms with Crippen LogP contribution in [0, 0.1) is 0 Å². The molecular formula is C18H19N3O5S. The van der Waals surface area contributed by atoms with Crippen LogP contribution in [0.15, 0.2) is 53.4 Å². The third-order valence-electron chi connectivity index (χ3n) is 3.98. The first kappa shape index (κ1) is 18.9. The number of carbonyl (C=O) groups excluding carboxylic acids is 2. The van der Waals surface area contributed by atoms with Gasteiger partial charge in [-0.05, 0) is 30.3 Å². The predicted molar refractivity (Wildman–Crippen MR) is 100 cm³/mol. The summed E-state index contributed by atoms with van der Waals surface area (Å²) in [6, 6.07) is 13.0. The van der Waals surface area contributed by atoms with Crippen LogP contribution in [0.3, 0.4) is 0 Å². The van der Waals surface area contributed by atoms with Crippen molar-refractivity contribution in [3.05, 3.63) is 48.5 Å². The fourth-order valence-corrected chi connectivity index (χ4v) is 3.61. The molecule has 0 aromatic heterocycles. The molecule has 9 heteroatoms. The molecule has 1 aliphatic heterocycles.